The van der Waals surface area contributed by atoms with Crippen molar-refractivity contribution in [3.63, 3.8) is 0 Å². The van der Waals surface area contributed by atoms with E-state index in [1.807, 2.05) is 0 Å². The number of halogens is 3. The summed E-state index contributed by atoms with van der Waals surface area (Å²) in [5.41, 5.74) is 4.90. The Kier molecular flexibility index (Phi) is 8.16. The Morgan fingerprint density at radius 3 is 2.09 bits per heavy atom. The minimum atomic E-state index is -4.30. The first-order chi connectivity index (χ1) is 9.97. The number of alkyl halides is 3. The smallest absolute Gasteiger partial charge is 0.416 e. The highest BCUT2D eigenvalue weighted by Crippen LogP contribution is 2.31. The maximum Gasteiger partial charge on any atom is 0.416 e. The van der Waals surface area contributed by atoms with Gasteiger partial charge < -0.3 is 10.8 Å². The third kappa shape index (κ3) is 9.39. The van der Waals surface area contributed by atoms with Gasteiger partial charge in [0.2, 0.25) is 0 Å². The average Bonchev–Trinajstić information content (AvgIpc) is 2.36. The van der Waals surface area contributed by atoms with Crippen LogP contribution < -0.4 is 5.73 Å². The van der Waals surface area contributed by atoms with E-state index in [0.717, 1.165) is 18.9 Å². The molecular weight excluding hydrogens is 295 g/mol. The van der Waals surface area contributed by atoms with Crippen molar-refractivity contribution in [1.29, 1.82) is 0 Å². The number of nitrogens with two attached hydrogens (primary N) is 1. The lowest BCUT2D eigenvalue weighted by Crippen LogP contribution is -2.11. The molecule has 0 aliphatic carbocycles. The topological polar surface area (TPSA) is 63.3 Å². The lowest BCUT2D eigenvalue weighted by atomic mass is 9.90. The van der Waals surface area contributed by atoms with Crippen LogP contribution in [0.15, 0.2) is 24.3 Å². The van der Waals surface area contributed by atoms with Gasteiger partial charge in [-0.15, -0.1) is 0 Å². The predicted molar refractivity (Wildman–Crippen MR) is 80.3 cm³/mol. The van der Waals surface area contributed by atoms with E-state index in [9.17, 15) is 18.0 Å². The van der Waals surface area contributed by atoms with Gasteiger partial charge in [0.1, 0.15) is 0 Å². The normalized spacial score (nSPS) is 11.6. The van der Waals surface area contributed by atoms with Gasteiger partial charge in [0, 0.05) is 13.0 Å². The Bertz CT molecular complexity index is 465. The van der Waals surface area contributed by atoms with Gasteiger partial charge in [0.15, 0.2) is 0 Å². The molecule has 22 heavy (non-hydrogen) atoms. The minimum Gasteiger partial charge on any atom is -0.481 e. The molecule has 126 valence electrons. The number of benzene rings is 1. The summed E-state index contributed by atoms with van der Waals surface area (Å²) in [6, 6.07) is 5.30. The van der Waals surface area contributed by atoms with Crippen molar-refractivity contribution < 1.29 is 23.1 Å². The van der Waals surface area contributed by atoms with E-state index >= 15 is 0 Å². The van der Waals surface area contributed by atoms with Crippen molar-refractivity contribution >= 4 is 5.97 Å². The molecule has 6 heteroatoms. The average molecular weight is 319 g/mol. The van der Waals surface area contributed by atoms with Crippen LogP contribution in [0.2, 0.25) is 0 Å². The van der Waals surface area contributed by atoms with Gasteiger partial charge >= 0.3 is 12.1 Å². The quantitative estimate of drug-likeness (QED) is 0.861. The summed E-state index contributed by atoms with van der Waals surface area (Å²) in [5.74, 6) is -0.691. The molecule has 0 atom stereocenters. The Hall–Kier alpha value is -1.56. The molecule has 0 spiro atoms. The second-order valence-corrected chi connectivity index (χ2v) is 6.17. The number of hydrogen-bond acceptors (Lipinski definition) is 2. The van der Waals surface area contributed by atoms with Crippen molar-refractivity contribution in [3.05, 3.63) is 35.4 Å². The van der Waals surface area contributed by atoms with Crippen LogP contribution in [-0.2, 0) is 17.5 Å². The number of carbonyl (C=O) groups is 1. The SMILES string of the molecule is CC(C)(C)CCCC(=O)O.NCc1ccccc1C(F)(F)F. The number of aliphatic carboxylic acids is 1. The zero-order chi connectivity index (χ0) is 17.4. The third-order valence-electron chi connectivity index (χ3n) is 2.86. The predicted octanol–water partition coefficient (Wildman–Crippen LogP) is 4.45. The molecule has 3 N–H and O–H groups in total. The van der Waals surface area contributed by atoms with Gasteiger partial charge in [-0.1, -0.05) is 39.0 Å². The van der Waals surface area contributed by atoms with Gasteiger partial charge in [-0.3, -0.25) is 4.79 Å². The van der Waals surface area contributed by atoms with Crippen LogP contribution in [-0.4, -0.2) is 11.1 Å². The molecule has 0 unspecified atom stereocenters. The van der Waals surface area contributed by atoms with E-state index in [1.165, 1.54) is 18.2 Å². The molecule has 0 radical (unpaired) electrons. The molecular formula is C16H24F3NO2. The molecule has 1 rings (SSSR count). The maximum atomic E-state index is 12.2. The highest BCUT2D eigenvalue weighted by atomic mass is 19.4. The summed E-state index contributed by atoms with van der Waals surface area (Å²) in [6.07, 6.45) is -2.22. The summed E-state index contributed by atoms with van der Waals surface area (Å²) in [7, 11) is 0. The Morgan fingerprint density at radius 2 is 1.73 bits per heavy atom. The van der Waals surface area contributed by atoms with Crippen molar-refractivity contribution in [2.75, 3.05) is 0 Å². The number of rotatable bonds is 4. The maximum absolute atomic E-state index is 12.2. The van der Waals surface area contributed by atoms with E-state index in [0.29, 0.717) is 6.42 Å². The van der Waals surface area contributed by atoms with E-state index in [2.05, 4.69) is 20.8 Å². The van der Waals surface area contributed by atoms with Crippen molar-refractivity contribution in [2.45, 2.75) is 52.8 Å². The number of carboxylic acids is 1. The fourth-order valence-electron chi connectivity index (χ4n) is 1.74. The molecule has 0 aliphatic rings. The Labute approximate surface area is 129 Å². The van der Waals surface area contributed by atoms with E-state index in [4.69, 9.17) is 10.8 Å². The van der Waals surface area contributed by atoms with Crippen molar-refractivity contribution in [1.82, 2.24) is 0 Å². The van der Waals surface area contributed by atoms with Crippen LogP contribution in [0.4, 0.5) is 13.2 Å². The van der Waals surface area contributed by atoms with Gasteiger partial charge in [-0.05, 0) is 29.9 Å². The highest BCUT2D eigenvalue weighted by Gasteiger charge is 2.32. The summed E-state index contributed by atoms with van der Waals surface area (Å²) in [5, 5.41) is 8.31. The van der Waals surface area contributed by atoms with Crippen LogP contribution in [0.1, 0.15) is 51.2 Å². The van der Waals surface area contributed by atoms with Gasteiger partial charge in [-0.2, -0.15) is 13.2 Å². The Balaban J connectivity index is 0.000000409. The molecule has 0 bridgehead atoms. The summed E-state index contributed by atoms with van der Waals surface area (Å²) < 4.78 is 36.5. The minimum absolute atomic E-state index is 0.0876. The van der Waals surface area contributed by atoms with Crippen molar-refractivity contribution in [3.8, 4) is 0 Å². The van der Waals surface area contributed by atoms with Gasteiger partial charge in [-0.25, -0.2) is 0 Å². The summed E-state index contributed by atoms with van der Waals surface area (Å²) in [6.45, 7) is 6.27. The molecule has 0 fully saturated rings. The lowest BCUT2D eigenvalue weighted by molar-refractivity contribution is -0.138. The fraction of sp³-hybridized carbons (Fsp3) is 0.562. The second kappa shape index (κ2) is 8.78. The molecule has 0 aromatic heterocycles. The summed E-state index contributed by atoms with van der Waals surface area (Å²) >= 11 is 0. The molecule has 0 amide bonds. The molecule has 0 saturated carbocycles. The standard InChI is InChI=1S/C8H8F3N.C8H16O2/c9-8(10,11)7-4-2-1-3-6(7)5-12;1-8(2,3)6-4-5-7(9)10/h1-4H,5,12H2;4-6H2,1-3H3,(H,9,10). The molecule has 3 nitrogen and oxygen atoms in total. The highest BCUT2D eigenvalue weighted by molar-refractivity contribution is 5.66. The van der Waals surface area contributed by atoms with Gasteiger partial charge in [0.05, 0.1) is 5.56 Å². The van der Waals surface area contributed by atoms with E-state index in [1.54, 1.807) is 0 Å². The second-order valence-electron chi connectivity index (χ2n) is 6.17. The lowest BCUT2D eigenvalue weighted by Gasteiger charge is -2.16. The van der Waals surface area contributed by atoms with Crippen LogP contribution in [0.3, 0.4) is 0 Å². The zero-order valence-electron chi connectivity index (χ0n) is 13.2. The first-order valence-corrected chi connectivity index (χ1v) is 7.04. The van der Waals surface area contributed by atoms with Crippen LogP contribution in [0, 0.1) is 5.41 Å². The molecule has 0 aliphatic heterocycles. The molecule has 0 heterocycles. The third-order valence-corrected chi connectivity index (χ3v) is 2.86. The van der Waals surface area contributed by atoms with Crippen molar-refractivity contribution in [2.24, 2.45) is 11.1 Å². The largest absolute Gasteiger partial charge is 0.481 e. The fourth-order valence-corrected chi connectivity index (χ4v) is 1.74. The molecule has 0 saturated heterocycles. The van der Waals surface area contributed by atoms with Gasteiger partial charge in [0.25, 0.3) is 0 Å². The monoisotopic (exact) mass is 319 g/mol. The number of carboxylic acid groups (broad SMARTS) is 1. The molecule has 1 aromatic carbocycles. The van der Waals surface area contributed by atoms with Crippen LogP contribution >= 0.6 is 0 Å². The summed E-state index contributed by atoms with van der Waals surface area (Å²) in [4.78, 5) is 10.1. The van der Waals surface area contributed by atoms with E-state index < -0.39 is 17.7 Å². The van der Waals surface area contributed by atoms with Crippen LogP contribution in [0.5, 0.6) is 0 Å². The Morgan fingerprint density at radius 1 is 1.18 bits per heavy atom. The molecule has 1 aromatic rings. The van der Waals surface area contributed by atoms with E-state index in [-0.39, 0.29) is 17.5 Å². The zero-order valence-corrected chi connectivity index (χ0v) is 13.2. The first-order valence-electron chi connectivity index (χ1n) is 7.04. The van der Waals surface area contributed by atoms with Crippen LogP contribution in [0.25, 0.3) is 0 Å². The first kappa shape index (κ1) is 20.4. The number of hydrogen-bond donors (Lipinski definition) is 2.